The quantitative estimate of drug-likeness (QED) is 0.789. The van der Waals surface area contributed by atoms with Crippen molar-refractivity contribution >= 4 is 28.9 Å². The van der Waals surface area contributed by atoms with E-state index in [1.807, 2.05) is 45.0 Å². The maximum Gasteiger partial charge on any atom is 0.348 e. The van der Waals surface area contributed by atoms with E-state index in [0.29, 0.717) is 10.6 Å². The fraction of sp³-hybridized carbons (Fsp3) is 0.368. The molecule has 0 spiro atoms. The summed E-state index contributed by atoms with van der Waals surface area (Å²) in [4.78, 5) is 25.7. The molecule has 0 aliphatic rings. The molecule has 2 rings (SSSR count). The molecule has 0 saturated carbocycles. The monoisotopic (exact) mass is 345 g/mol. The third kappa shape index (κ3) is 4.93. The number of anilines is 1. The van der Waals surface area contributed by atoms with Crippen LogP contribution in [0.3, 0.4) is 0 Å². The number of hydrogen-bond donors (Lipinski definition) is 1. The Balaban J connectivity index is 1.91. The highest BCUT2D eigenvalue weighted by molar-refractivity contribution is 7.14. The number of nitrogens with one attached hydrogen (secondary N) is 1. The summed E-state index contributed by atoms with van der Waals surface area (Å²) in [5.74, 6) is -0.781. The van der Waals surface area contributed by atoms with E-state index >= 15 is 0 Å². The number of aryl methyl sites for hydroxylation is 4. The van der Waals surface area contributed by atoms with Crippen molar-refractivity contribution in [2.45, 2.75) is 40.5 Å². The van der Waals surface area contributed by atoms with Crippen LogP contribution in [0, 0.1) is 20.8 Å². The van der Waals surface area contributed by atoms with Gasteiger partial charge in [0.05, 0.1) is 0 Å². The highest BCUT2D eigenvalue weighted by atomic mass is 32.1. The molecule has 2 aromatic rings. The molecule has 0 fully saturated rings. The van der Waals surface area contributed by atoms with Crippen molar-refractivity contribution < 1.29 is 14.3 Å². The molecule has 0 bridgehead atoms. The lowest BCUT2D eigenvalue weighted by molar-refractivity contribution is -0.119. The van der Waals surface area contributed by atoms with Crippen LogP contribution in [0.1, 0.15) is 44.6 Å². The summed E-state index contributed by atoms with van der Waals surface area (Å²) in [6.45, 7) is 7.75. The number of thiophene rings is 1. The fourth-order valence-corrected chi connectivity index (χ4v) is 3.55. The van der Waals surface area contributed by atoms with Crippen LogP contribution in [-0.2, 0) is 16.0 Å². The van der Waals surface area contributed by atoms with Crippen molar-refractivity contribution in [1.82, 2.24) is 0 Å². The number of carbonyl (C=O) groups excluding carboxylic acids is 2. The Bertz CT molecular complexity index is 729. The molecule has 0 atom stereocenters. The van der Waals surface area contributed by atoms with Gasteiger partial charge in [-0.25, -0.2) is 4.79 Å². The van der Waals surface area contributed by atoms with E-state index in [1.54, 1.807) is 0 Å². The van der Waals surface area contributed by atoms with Gasteiger partial charge in [0.25, 0.3) is 5.91 Å². The lowest BCUT2D eigenvalue weighted by Gasteiger charge is -2.08. The van der Waals surface area contributed by atoms with E-state index in [0.717, 1.165) is 28.8 Å². The fourth-order valence-electron chi connectivity index (χ4n) is 2.58. The van der Waals surface area contributed by atoms with Crippen LogP contribution in [0.25, 0.3) is 0 Å². The van der Waals surface area contributed by atoms with Gasteiger partial charge in [0.2, 0.25) is 0 Å². The molecule has 0 aliphatic heterocycles. The lowest BCUT2D eigenvalue weighted by atomic mass is 10.1. The van der Waals surface area contributed by atoms with E-state index < -0.39 is 5.97 Å². The predicted molar refractivity (Wildman–Crippen MR) is 97.9 cm³/mol. The second kappa shape index (κ2) is 8.11. The first kappa shape index (κ1) is 18.2. The second-order valence-electron chi connectivity index (χ2n) is 5.94. The molecular formula is C19H23NO3S. The smallest absolute Gasteiger partial charge is 0.348 e. The Kier molecular flexibility index (Phi) is 6.15. The summed E-state index contributed by atoms with van der Waals surface area (Å²) in [6.07, 6.45) is 1.98. The molecule has 24 heavy (non-hydrogen) atoms. The third-order valence-electron chi connectivity index (χ3n) is 3.58. The number of ether oxygens (including phenoxy) is 1. The normalized spacial score (nSPS) is 10.5. The van der Waals surface area contributed by atoms with Gasteiger partial charge < -0.3 is 10.1 Å². The Labute approximate surface area is 146 Å². The molecule has 0 unspecified atom stereocenters. The van der Waals surface area contributed by atoms with Gasteiger partial charge in [0.1, 0.15) is 4.88 Å². The van der Waals surface area contributed by atoms with E-state index in [-0.39, 0.29) is 12.5 Å². The zero-order valence-corrected chi connectivity index (χ0v) is 15.4. The molecule has 4 nitrogen and oxygen atoms in total. The van der Waals surface area contributed by atoms with Crippen LogP contribution < -0.4 is 5.32 Å². The van der Waals surface area contributed by atoms with Gasteiger partial charge in [-0.3, -0.25) is 4.79 Å². The summed E-state index contributed by atoms with van der Waals surface area (Å²) in [5, 5.41) is 2.75. The molecule has 1 aromatic heterocycles. The molecular weight excluding hydrogens is 322 g/mol. The number of esters is 1. The van der Waals surface area contributed by atoms with Crippen LogP contribution in [0.15, 0.2) is 24.3 Å². The molecule has 1 heterocycles. The van der Waals surface area contributed by atoms with E-state index in [1.165, 1.54) is 16.9 Å². The Morgan fingerprint density at radius 3 is 2.38 bits per heavy atom. The predicted octanol–water partition coefficient (Wildman–Crippen LogP) is 4.42. The Morgan fingerprint density at radius 1 is 1.08 bits per heavy atom. The molecule has 0 aliphatic carbocycles. The summed E-state index contributed by atoms with van der Waals surface area (Å²) in [6, 6.07) is 7.66. The van der Waals surface area contributed by atoms with Crippen molar-refractivity contribution in [2.24, 2.45) is 0 Å². The van der Waals surface area contributed by atoms with Crippen LogP contribution in [0.5, 0.6) is 0 Å². The van der Waals surface area contributed by atoms with Gasteiger partial charge in [0, 0.05) is 10.6 Å². The maximum atomic E-state index is 12.1. The average molecular weight is 345 g/mol. The van der Waals surface area contributed by atoms with E-state index in [2.05, 4.69) is 12.2 Å². The maximum absolute atomic E-state index is 12.1. The largest absolute Gasteiger partial charge is 0.451 e. The van der Waals surface area contributed by atoms with Crippen molar-refractivity contribution in [1.29, 1.82) is 0 Å². The van der Waals surface area contributed by atoms with Gasteiger partial charge in [-0.1, -0.05) is 19.4 Å². The van der Waals surface area contributed by atoms with Gasteiger partial charge in [0.15, 0.2) is 6.61 Å². The highest BCUT2D eigenvalue weighted by Gasteiger charge is 2.15. The number of carbonyl (C=O) groups is 2. The van der Waals surface area contributed by atoms with Crippen LogP contribution >= 0.6 is 11.3 Å². The number of rotatable bonds is 6. The Hall–Kier alpha value is -2.14. The van der Waals surface area contributed by atoms with Gasteiger partial charge in [-0.05, 0) is 62.1 Å². The number of benzene rings is 1. The van der Waals surface area contributed by atoms with Crippen LogP contribution in [-0.4, -0.2) is 18.5 Å². The molecule has 1 N–H and O–H groups in total. The topological polar surface area (TPSA) is 55.4 Å². The van der Waals surface area contributed by atoms with Crippen molar-refractivity contribution in [2.75, 3.05) is 11.9 Å². The van der Waals surface area contributed by atoms with Crippen LogP contribution in [0.4, 0.5) is 5.69 Å². The van der Waals surface area contributed by atoms with E-state index in [4.69, 9.17) is 4.74 Å². The summed E-state index contributed by atoms with van der Waals surface area (Å²) in [7, 11) is 0. The first-order valence-electron chi connectivity index (χ1n) is 8.03. The minimum absolute atomic E-state index is 0.286. The van der Waals surface area contributed by atoms with Gasteiger partial charge >= 0.3 is 5.97 Å². The standard InChI is InChI=1S/C19H23NO3S/c1-5-6-15-10-17(24-14(15)4)19(22)23-11-18(21)20-16-8-12(2)7-13(3)9-16/h7-10H,5-6,11H2,1-4H3,(H,20,21). The van der Waals surface area contributed by atoms with Crippen molar-refractivity contribution in [3.8, 4) is 0 Å². The SMILES string of the molecule is CCCc1cc(C(=O)OCC(=O)Nc2cc(C)cc(C)c2)sc1C. The molecule has 0 radical (unpaired) electrons. The van der Waals surface area contributed by atoms with Gasteiger partial charge in [-0.2, -0.15) is 0 Å². The molecule has 1 amide bonds. The summed E-state index contributed by atoms with van der Waals surface area (Å²) < 4.78 is 5.13. The average Bonchev–Trinajstić information content (AvgIpc) is 2.85. The second-order valence-corrected chi connectivity index (χ2v) is 7.20. The number of hydrogen-bond acceptors (Lipinski definition) is 4. The first-order chi connectivity index (χ1) is 11.4. The van der Waals surface area contributed by atoms with Crippen LogP contribution in [0.2, 0.25) is 0 Å². The molecule has 0 saturated heterocycles. The molecule has 1 aromatic carbocycles. The third-order valence-corrected chi connectivity index (χ3v) is 4.65. The Morgan fingerprint density at radius 2 is 1.75 bits per heavy atom. The van der Waals surface area contributed by atoms with Crippen molar-refractivity contribution in [3.63, 3.8) is 0 Å². The zero-order valence-electron chi connectivity index (χ0n) is 14.6. The molecule has 5 heteroatoms. The summed E-state index contributed by atoms with van der Waals surface area (Å²) in [5.41, 5.74) is 4.03. The zero-order chi connectivity index (χ0) is 17.7. The van der Waals surface area contributed by atoms with Gasteiger partial charge in [-0.15, -0.1) is 11.3 Å². The number of amides is 1. The molecule has 128 valence electrons. The lowest BCUT2D eigenvalue weighted by Crippen LogP contribution is -2.20. The minimum Gasteiger partial charge on any atom is -0.451 e. The van der Waals surface area contributed by atoms with E-state index in [9.17, 15) is 9.59 Å². The minimum atomic E-state index is -0.443. The summed E-state index contributed by atoms with van der Waals surface area (Å²) >= 11 is 1.42. The first-order valence-corrected chi connectivity index (χ1v) is 8.85. The van der Waals surface area contributed by atoms with Crippen molar-refractivity contribution in [3.05, 3.63) is 50.7 Å². The highest BCUT2D eigenvalue weighted by Crippen LogP contribution is 2.23.